The molecule has 1 rings (SSSR count). The van der Waals surface area contributed by atoms with Gasteiger partial charge in [0, 0.05) is 24.3 Å². The van der Waals surface area contributed by atoms with Gasteiger partial charge in [-0.15, -0.1) is 0 Å². The van der Waals surface area contributed by atoms with Crippen LogP contribution >= 0.6 is 0 Å². The Morgan fingerprint density at radius 1 is 1.50 bits per heavy atom. The van der Waals surface area contributed by atoms with Crippen molar-refractivity contribution in [2.75, 3.05) is 33.5 Å². The highest BCUT2D eigenvalue weighted by molar-refractivity contribution is 5.97. The minimum Gasteiger partial charge on any atom is -0.496 e. The van der Waals surface area contributed by atoms with Crippen LogP contribution in [0.1, 0.15) is 17.3 Å². The molecule has 0 bridgehead atoms. The number of carbonyl (C=O) groups is 1. The molecule has 1 atom stereocenters. The van der Waals surface area contributed by atoms with Gasteiger partial charge in [0.15, 0.2) is 0 Å². The number of benzene rings is 1. The van der Waals surface area contributed by atoms with Gasteiger partial charge in [-0.25, -0.2) is 0 Å². The molecule has 0 heterocycles. The molecule has 0 saturated carbocycles. The molecule has 0 aromatic heterocycles. The Balaban J connectivity index is 2.72. The van der Waals surface area contributed by atoms with Crippen molar-refractivity contribution in [2.24, 2.45) is 0 Å². The highest BCUT2D eigenvalue weighted by atomic mass is 16.5. The van der Waals surface area contributed by atoms with Crippen LogP contribution in [-0.4, -0.2) is 44.6 Å². The maximum atomic E-state index is 12.0. The van der Waals surface area contributed by atoms with Crippen LogP contribution in [0, 0.1) is 0 Å². The normalized spacial score (nSPS) is 12.3. The number of hydrogen-bond acceptors (Lipinski definition) is 4. The van der Waals surface area contributed by atoms with Crippen molar-refractivity contribution >= 4 is 11.6 Å². The fourth-order valence-corrected chi connectivity index (χ4v) is 1.41. The zero-order valence-electron chi connectivity index (χ0n) is 11.4. The fraction of sp³-hybridized carbons (Fsp3) is 0.462. The van der Waals surface area contributed by atoms with E-state index < -0.39 is 0 Å². The number of nitrogens with two attached hydrogens (primary N) is 1. The van der Waals surface area contributed by atoms with Crippen molar-refractivity contribution in [3.63, 3.8) is 0 Å². The van der Waals surface area contributed by atoms with E-state index >= 15 is 0 Å². The minimum absolute atomic E-state index is 0.152. The number of rotatable bonds is 5. The summed E-state index contributed by atoms with van der Waals surface area (Å²) in [6.45, 7) is 2.62. The topological polar surface area (TPSA) is 67.6 Å². The summed E-state index contributed by atoms with van der Waals surface area (Å²) in [5.74, 6) is 0.338. The summed E-state index contributed by atoms with van der Waals surface area (Å²) in [7, 11) is 5.47. The van der Waals surface area contributed by atoms with Crippen molar-refractivity contribution < 1.29 is 9.53 Å². The van der Waals surface area contributed by atoms with Crippen LogP contribution in [0.2, 0.25) is 0 Å². The van der Waals surface area contributed by atoms with Crippen LogP contribution in [0.25, 0.3) is 0 Å². The first-order chi connectivity index (χ1) is 8.45. The van der Waals surface area contributed by atoms with E-state index in [0.29, 0.717) is 23.5 Å². The molecule has 5 nitrogen and oxygen atoms in total. The van der Waals surface area contributed by atoms with Crippen molar-refractivity contribution in [2.45, 2.75) is 13.0 Å². The number of methoxy groups -OCH3 is 1. The molecule has 0 aliphatic rings. The van der Waals surface area contributed by atoms with Gasteiger partial charge < -0.3 is 20.7 Å². The molecule has 1 aromatic carbocycles. The summed E-state index contributed by atoms with van der Waals surface area (Å²) >= 11 is 0. The van der Waals surface area contributed by atoms with E-state index in [0.717, 1.165) is 0 Å². The molecule has 0 spiro atoms. The van der Waals surface area contributed by atoms with Gasteiger partial charge in [-0.05, 0) is 33.2 Å². The highest BCUT2D eigenvalue weighted by Crippen LogP contribution is 2.21. The Morgan fingerprint density at radius 3 is 2.72 bits per heavy atom. The Hall–Kier alpha value is -1.75. The number of likely N-dealkylation sites (N-methyl/N-ethyl adjacent to an activating group) is 1. The summed E-state index contributed by atoms with van der Waals surface area (Å²) in [6.07, 6.45) is 0. The standard InChI is InChI=1S/C13H21N3O2/c1-9(16(2)3)8-15-13(17)11-6-5-10(14)7-12(11)18-4/h5-7,9H,8,14H2,1-4H3,(H,15,17). The van der Waals surface area contributed by atoms with Crippen molar-refractivity contribution in [1.29, 1.82) is 0 Å². The molecular formula is C13H21N3O2. The number of nitrogen functional groups attached to an aromatic ring is 1. The molecule has 1 unspecified atom stereocenters. The number of amides is 1. The van der Waals surface area contributed by atoms with E-state index in [1.807, 2.05) is 25.9 Å². The van der Waals surface area contributed by atoms with Crippen LogP contribution in [-0.2, 0) is 0 Å². The van der Waals surface area contributed by atoms with Gasteiger partial charge >= 0.3 is 0 Å². The first kappa shape index (κ1) is 14.3. The van der Waals surface area contributed by atoms with Gasteiger partial charge in [-0.2, -0.15) is 0 Å². The zero-order chi connectivity index (χ0) is 13.7. The summed E-state index contributed by atoms with van der Waals surface area (Å²) < 4.78 is 5.15. The van der Waals surface area contributed by atoms with Crippen LogP contribution < -0.4 is 15.8 Å². The third kappa shape index (κ3) is 3.63. The maximum Gasteiger partial charge on any atom is 0.255 e. The predicted molar refractivity (Wildman–Crippen MR) is 72.9 cm³/mol. The number of carbonyl (C=O) groups excluding carboxylic acids is 1. The van der Waals surface area contributed by atoms with Crippen molar-refractivity contribution in [1.82, 2.24) is 10.2 Å². The second kappa shape index (κ2) is 6.26. The van der Waals surface area contributed by atoms with Crippen molar-refractivity contribution in [3.05, 3.63) is 23.8 Å². The summed E-state index contributed by atoms with van der Waals surface area (Å²) in [5, 5.41) is 2.87. The lowest BCUT2D eigenvalue weighted by molar-refractivity contribution is 0.0940. The molecule has 0 fully saturated rings. The average molecular weight is 251 g/mol. The quantitative estimate of drug-likeness (QED) is 0.765. The number of ether oxygens (including phenoxy) is 1. The lowest BCUT2D eigenvalue weighted by atomic mass is 10.1. The first-order valence-electron chi connectivity index (χ1n) is 5.83. The van der Waals surface area contributed by atoms with E-state index in [9.17, 15) is 4.79 Å². The first-order valence-corrected chi connectivity index (χ1v) is 5.83. The van der Waals surface area contributed by atoms with E-state index in [4.69, 9.17) is 10.5 Å². The van der Waals surface area contributed by atoms with Gasteiger partial charge in [0.05, 0.1) is 12.7 Å². The Labute approximate surface area is 108 Å². The maximum absolute atomic E-state index is 12.0. The largest absolute Gasteiger partial charge is 0.496 e. The monoisotopic (exact) mass is 251 g/mol. The van der Waals surface area contributed by atoms with E-state index in [1.54, 1.807) is 18.2 Å². The Bertz CT molecular complexity index is 419. The molecule has 1 aromatic rings. The number of nitrogens with one attached hydrogen (secondary N) is 1. The smallest absolute Gasteiger partial charge is 0.255 e. The molecule has 0 aliphatic heterocycles. The lowest BCUT2D eigenvalue weighted by Crippen LogP contribution is -2.38. The van der Waals surface area contributed by atoms with Gasteiger partial charge in [0.1, 0.15) is 5.75 Å². The molecule has 0 saturated heterocycles. The van der Waals surface area contributed by atoms with Crippen LogP contribution in [0.3, 0.4) is 0 Å². The number of nitrogens with zero attached hydrogens (tertiary/aromatic N) is 1. The number of anilines is 1. The molecule has 100 valence electrons. The molecule has 1 amide bonds. The second-order valence-electron chi connectivity index (χ2n) is 4.48. The third-order valence-corrected chi connectivity index (χ3v) is 2.91. The van der Waals surface area contributed by atoms with Gasteiger partial charge in [0.25, 0.3) is 5.91 Å². The van der Waals surface area contributed by atoms with Gasteiger partial charge in [0.2, 0.25) is 0 Å². The molecular weight excluding hydrogens is 230 g/mol. The van der Waals surface area contributed by atoms with Gasteiger partial charge in [-0.1, -0.05) is 0 Å². The molecule has 5 heteroatoms. The summed E-state index contributed by atoms with van der Waals surface area (Å²) in [5.41, 5.74) is 6.72. The molecule has 0 radical (unpaired) electrons. The molecule has 18 heavy (non-hydrogen) atoms. The molecule has 3 N–H and O–H groups in total. The Morgan fingerprint density at radius 2 is 2.17 bits per heavy atom. The van der Waals surface area contributed by atoms with Gasteiger partial charge in [-0.3, -0.25) is 4.79 Å². The predicted octanol–water partition coefficient (Wildman–Crippen LogP) is 0.957. The fourth-order valence-electron chi connectivity index (χ4n) is 1.41. The lowest BCUT2D eigenvalue weighted by Gasteiger charge is -2.20. The third-order valence-electron chi connectivity index (χ3n) is 2.91. The minimum atomic E-state index is -0.152. The highest BCUT2D eigenvalue weighted by Gasteiger charge is 2.13. The second-order valence-corrected chi connectivity index (χ2v) is 4.48. The SMILES string of the molecule is COc1cc(N)ccc1C(=O)NCC(C)N(C)C. The van der Waals surface area contributed by atoms with Crippen molar-refractivity contribution in [3.8, 4) is 5.75 Å². The van der Waals surface area contributed by atoms with E-state index in [-0.39, 0.29) is 11.9 Å². The van der Waals surface area contributed by atoms with E-state index in [1.165, 1.54) is 7.11 Å². The average Bonchev–Trinajstić information content (AvgIpc) is 2.34. The Kier molecular flexibility index (Phi) is 4.97. The summed E-state index contributed by atoms with van der Waals surface area (Å²) in [4.78, 5) is 14.1. The zero-order valence-corrected chi connectivity index (χ0v) is 11.4. The van der Waals surface area contributed by atoms with Crippen LogP contribution in [0.4, 0.5) is 5.69 Å². The molecule has 0 aliphatic carbocycles. The van der Waals surface area contributed by atoms with Crippen LogP contribution in [0.5, 0.6) is 5.75 Å². The number of hydrogen-bond donors (Lipinski definition) is 2. The summed E-state index contributed by atoms with van der Waals surface area (Å²) in [6, 6.07) is 5.27. The van der Waals surface area contributed by atoms with Crippen LogP contribution in [0.15, 0.2) is 18.2 Å². The van der Waals surface area contributed by atoms with E-state index in [2.05, 4.69) is 5.32 Å².